The molecule has 0 bridgehead atoms. The van der Waals surface area contributed by atoms with Crippen molar-refractivity contribution in [1.82, 2.24) is 15.2 Å². The standard InChI is InChI=1S/C21H32N4O2S/c1-15(2)17-7-9-19(10-8-17)27-12-11-23-21(22-4)25(5)13-18-14-28-20(24-18)16(3)26-6/h7-10,14-16H,11-13H2,1-6H3,(H,22,23). The Morgan fingerprint density at radius 3 is 2.57 bits per heavy atom. The van der Waals surface area contributed by atoms with Crippen LogP contribution in [0, 0.1) is 0 Å². The number of rotatable bonds is 9. The van der Waals surface area contributed by atoms with Crippen molar-refractivity contribution in [2.75, 3.05) is 34.4 Å². The van der Waals surface area contributed by atoms with Crippen molar-refractivity contribution < 1.29 is 9.47 Å². The molecule has 0 saturated heterocycles. The van der Waals surface area contributed by atoms with Crippen molar-refractivity contribution in [2.24, 2.45) is 4.99 Å². The molecule has 0 aliphatic heterocycles. The number of ether oxygens (including phenoxy) is 2. The lowest BCUT2D eigenvalue weighted by Gasteiger charge is -2.21. The van der Waals surface area contributed by atoms with E-state index in [0.29, 0.717) is 25.6 Å². The average Bonchev–Trinajstić information content (AvgIpc) is 3.16. The predicted molar refractivity (Wildman–Crippen MR) is 116 cm³/mol. The third-order valence-electron chi connectivity index (χ3n) is 4.44. The van der Waals surface area contributed by atoms with Gasteiger partial charge in [-0.15, -0.1) is 11.3 Å². The third kappa shape index (κ3) is 6.49. The lowest BCUT2D eigenvalue weighted by atomic mass is 10.0. The number of benzene rings is 1. The highest BCUT2D eigenvalue weighted by atomic mass is 32.1. The Hall–Kier alpha value is -2.12. The second-order valence-electron chi connectivity index (χ2n) is 6.96. The number of nitrogens with zero attached hydrogens (tertiary/aromatic N) is 3. The molecule has 1 aromatic carbocycles. The first-order valence-corrected chi connectivity index (χ1v) is 10.4. The van der Waals surface area contributed by atoms with Gasteiger partial charge in [-0.2, -0.15) is 0 Å². The van der Waals surface area contributed by atoms with Crippen LogP contribution < -0.4 is 10.1 Å². The van der Waals surface area contributed by atoms with Gasteiger partial charge in [0.1, 0.15) is 23.5 Å². The van der Waals surface area contributed by atoms with Gasteiger partial charge >= 0.3 is 0 Å². The molecule has 1 heterocycles. The van der Waals surface area contributed by atoms with E-state index < -0.39 is 0 Å². The van der Waals surface area contributed by atoms with Gasteiger partial charge in [0.2, 0.25) is 0 Å². The van der Waals surface area contributed by atoms with Crippen molar-refractivity contribution in [3.8, 4) is 5.75 Å². The predicted octanol–water partition coefficient (Wildman–Crippen LogP) is 4.06. The topological polar surface area (TPSA) is 59.0 Å². The molecular weight excluding hydrogens is 372 g/mol. The van der Waals surface area contributed by atoms with E-state index in [4.69, 9.17) is 9.47 Å². The summed E-state index contributed by atoms with van der Waals surface area (Å²) < 4.78 is 11.1. The number of hydrogen-bond acceptors (Lipinski definition) is 5. The van der Waals surface area contributed by atoms with Gasteiger partial charge in [-0.25, -0.2) is 4.98 Å². The molecule has 0 spiro atoms. The van der Waals surface area contributed by atoms with Crippen LogP contribution in [0.25, 0.3) is 0 Å². The van der Waals surface area contributed by atoms with Crippen molar-refractivity contribution in [2.45, 2.75) is 39.3 Å². The first-order chi connectivity index (χ1) is 13.4. The number of nitrogens with one attached hydrogen (secondary N) is 1. The maximum absolute atomic E-state index is 5.82. The number of aromatic nitrogens is 1. The minimum atomic E-state index is 0.0215. The molecule has 0 aliphatic rings. The molecule has 0 fully saturated rings. The van der Waals surface area contributed by atoms with Gasteiger partial charge in [0.05, 0.1) is 18.8 Å². The molecule has 0 amide bonds. The van der Waals surface area contributed by atoms with Gasteiger partial charge in [-0.3, -0.25) is 4.99 Å². The van der Waals surface area contributed by atoms with E-state index in [1.807, 2.05) is 31.0 Å². The highest BCUT2D eigenvalue weighted by molar-refractivity contribution is 7.09. The molecule has 28 heavy (non-hydrogen) atoms. The summed E-state index contributed by atoms with van der Waals surface area (Å²) in [6.07, 6.45) is 0.0215. The van der Waals surface area contributed by atoms with Gasteiger partial charge in [0.25, 0.3) is 0 Å². The molecule has 2 aromatic rings. The Labute approximate surface area is 172 Å². The lowest BCUT2D eigenvalue weighted by Crippen LogP contribution is -2.40. The molecule has 0 aliphatic carbocycles. The van der Waals surface area contributed by atoms with Gasteiger partial charge in [0.15, 0.2) is 5.96 Å². The van der Waals surface area contributed by atoms with Crippen molar-refractivity contribution in [3.63, 3.8) is 0 Å². The first-order valence-electron chi connectivity index (χ1n) is 9.56. The zero-order valence-corrected chi connectivity index (χ0v) is 18.5. The van der Waals surface area contributed by atoms with E-state index >= 15 is 0 Å². The van der Waals surface area contributed by atoms with Crippen molar-refractivity contribution in [1.29, 1.82) is 0 Å². The summed E-state index contributed by atoms with van der Waals surface area (Å²) in [4.78, 5) is 11.0. The van der Waals surface area contributed by atoms with Crippen LogP contribution in [-0.4, -0.2) is 50.2 Å². The summed E-state index contributed by atoms with van der Waals surface area (Å²) in [7, 11) is 5.48. The Kier molecular flexibility index (Phi) is 8.73. The molecule has 1 N–H and O–H groups in total. The fourth-order valence-corrected chi connectivity index (χ4v) is 3.51. The fraction of sp³-hybridized carbons (Fsp3) is 0.524. The summed E-state index contributed by atoms with van der Waals surface area (Å²) in [6.45, 7) is 8.30. The molecule has 7 heteroatoms. The smallest absolute Gasteiger partial charge is 0.193 e. The second-order valence-corrected chi connectivity index (χ2v) is 7.85. The maximum atomic E-state index is 5.82. The van der Waals surface area contributed by atoms with Gasteiger partial charge < -0.3 is 19.7 Å². The monoisotopic (exact) mass is 404 g/mol. The quantitative estimate of drug-likeness (QED) is 0.388. The van der Waals surface area contributed by atoms with Gasteiger partial charge in [-0.1, -0.05) is 26.0 Å². The van der Waals surface area contributed by atoms with E-state index in [0.717, 1.165) is 22.4 Å². The van der Waals surface area contributed by atoms with Crippen LogP contribution in [-0.2, 0) is 11.3 Å². The van der Waals surface area contributed by atoms with E-state index in [2.05, 4.69) is 46.7 Å². The molecule has 1 atom stereocenters. The Morgan fingerprint density at radius 2 is 1.96 bits per heavy atom. The molecule has 154 valence electrons. The van der Waals surface area contributed by atoms with E-state index in [-0.39, 0.29) is 6.10 Å². The zero-order valence-electron chi connectivity index (χ0n) is 17.7. The fourth-order valence-electron chi connectivity index (χ4n) is 2.67. The summed E-state index contributed by atoms with van der Waals surface area (Å²) >= 11 is 1.62. The Bertz CT molecular complexity index is 743. The second kappa shape index (κ2) is 11.0. The van der Waals surface area contributed by atoms with Crippen LogP contribution in [0.5, 0.6) is 5.75 Å². The SMILES string of the molecule is CN=C(NCCOc1ccc(C(C)C)cc1)N(C)Cc1csc(C(C)OC)n1. The molecule has 6 nitrogen and oxygen atoms in total. The molecule has 1 unspecified atom stereocenters. The van der Waals surface area contributed by atoms with E-state index in [9.17, 15) is 0 Å². The molecule has 2 rings (SSSR count). The largest absolute Gasteiger partial charge is 0.492 e. The third-order valence-corrected chi connectivity index (χ3v) is 5.50. The molecule has 1 aromatic heterocycles. The molecule has 0 saturated carbocycles. The van der Waals surface area contributed by atoms with Crippen LogP contribution in [0.15, 0.2) is 34.6 Å². The van der Waals surface area contributed by atoms with E-state index in [1.165, 1.54) is 5.56 Å². The lowest BCUT2D eigenvalue weighted by molar-refractivity contribution is 0.119. The molecule has 0 radical (unpaired) electrons. The van der Waals surface area contributed by atoms with Gasteiger partial charge in [0, 0.05) is 26.6 Å². The highest BCUT2D eigenvalue weighted by Gasteiger charge is 2.12. The van der Waals surface area contributed by atoms with Crippen LogP contribution in [0.4, 0.5) is 0 Å². The number of methoxy groups -OCH3 is 1. The minimum absolute atomic E-state index is 0.0215. The Morgan fingerprint density at radius 1 is 1.25 bits per heavy atom. The summed E-state index contributed by atoms with van der Waals surface area (Å²) in [5, 5.41) is 6.39. The summed E-state index contributed by atoms with van der Waals surface area (Å²) in [5.41, 5.74) is 2.33. The highest BCUT2D eigenvalue weighted by Crippen LogP contribution is 2.21. The molecular formula is C21H32N4O2S. The van der Waals surface area contributed by atoms with Crippen molar-refractivity contribution in [3.05, 3.63) is 45.9 Å². The van der Waals surface area contributed by atoms with Crippen LogP contribution in [0.3, 0.4) is 0 Å². The van der Waals surface area contributed by atoms with Crippen LogP contribution in [0.2, 0.25) is 0 Å². The minimum Gasteiger partial charge on any atom is -0.492 e. The van der Waals surface area contributed by atoms with E-state index in [1.54, 1.807) is 25.5 Å². The average molecular weight is 405 g/mol. The van der Waals surface area contributed by atoms with Crippen LogP contribution >= 0.6 is 11.3 Å². The van der Waals surface area contributed by atoms with Crippen molar-refractivity contribution >= 4 is 17.3 Å². The number of aliphatic imine (C=N–C) groups is 1. The zero-order chi connectivity index (χ0) is 20.5. The van der Waals surface area contributed by atoms with Gasteiger partial charge in [-0.05, 0) is 30.5 Å². The maximum Gasteiger partial charge on any atom is 0.193 e. The summed E-state index contributed by atoms with van der Waals surface area (Å²) in [5.74, 6) is 2.23. The Balaban J connectivity index is 1.77. The van der Waals surface area contributed by atoms with Crippen LogP contribution in [0.1, 0.15) is 49.1 Å². The number of guanidine groups is 1. The summed E-state index contributed by atoms with van der Waals surface area (Å²) in [6, 6.07) is 8.29. The normalized spacial score (nSPS) is 12.9. The number of hydrogen-bond donors (Lipinski definition) is 1. The first kappa shape index (κ1) is 22.2. The number of thiazole rings is 1.